The number of methoxy groups -OCH3 is 2. The van der Waals surface area contributed by atoms with E-state index in [0.29, 0.717) is 56.7 Å². The van der Waals surface area contributed by atoms with Crippen molar-refractivity contribution in [1.29, 1.82) is 0 Å². The highest BCUT2D eigenvalue weighted by Gasteiger charge is 2.30. The third kappa shape index (κ3) is 7.78. The first-order valence-electron chi connectivity index (χ1n) is 15.8. The zero-order valence-electron chi connectivity index (χ0n) is 27.8. The fourth-order valence-corrected chi connectivity index (χ4v) is 6.88. The molecule has 3 atom stereocenters. The summed E-state index contributed by atoms with van der Waals surface area (Å²) < 4.78 is 18.2. The second kappa shape index (κ2) is 15.9. The molecule has 0 aliphatic carbocycles. The summed E-state index contributed by atoms with van der Waals surface area (Å²) >= 11 is 13.6. The van der Waals surface area contributed by atoms with Gasteiger partial charge in [-0.05, 0) is 44.9 Å². The molecule has 1 unspecified atom stereocenters. The van der Waals surface area contributed by atoms with Gasteiger partial charge in [-0.1, -0.05) is 35.7 Å². The molecule has 13 nitrogen and oxygen atoms in total. The Balaban J connectivity index is 1.61. The number of pyridine rings is 1. The van der Waals surface area contributed by atoms with Crippen LogP contribution in [0.3, 0.4) is 0 Å². The Hall–Kier alpha value is -4.35. The van der Waals surface area contributed by atoms with Crippen LogP contribution in [-0.4, -0.2) is 108 Å². The van der Waals surface area contributed by atoms with Crippen LogP contribution in [0.15, 0.2) is 35.8 Å². The number of carbonyl (C=O) groups excluding carboxylic acids is 2. The van der Waals surface area contributed by atoms with Gasteiger partial charge in [0, 0.05) is 62.0 Å². The van der Waals surface area contributed by atoms with E-state index in [2.05, 4.69) is 38.9 Å². The summed E-state index contributed by atoms with van der Waals surface area (Å²) in [5.74, 6) is 5.61. The molecule has 2 aliphatic heterocycles. The highest BCUT2D eigenvalue weighted by atomic mass is 35.5. The van der Waals surface area contributed by atoms with Crippen LogP contribution >= 0.6 is 23.2 Å². The van der Waals surface area contributed by atoms with E-state index in [9.17, 15) is 14.4 Å². The number of benzene rings is 1. The van der Waals surface area contributed by atoms with Gasteiger partial charge in [-0.3, -0.25) is 19.0 Å². The Morgan fingerprint density at radius 1 is 1.16 bits per heavy atom. The maximum absolute atomic E-state index is 14.5. The molecule has 3 aromatic rings. The van der Waals surface area contributed by atoms with E-state index in [-0.39, 0.29) is 75.1 Å². The Morgan fingerprint density at radius 3 is 2.57 bits per heavy atom. The molecule has 2 saturated heterocycles. The third-order valence-electron chi connectivity index (χ3n) is 8.72. The highest BCUT2D eigenvalue weighted by molar-refractivity contribution is 6.41. The SMILES string of the molecule is C=CC(=O)N[C@H]1CCOC[C@H]1Nc1ncc2cc(-c3c(Cl)c(OC)cc(OC)c3Cl)c(=O)n(CCC3CN(C)CCN3C(=O)C#CC)c2n1. The van der Waals surface area contributed by atoms with Gasteiger partial charge in [0.05, 0.1) is 48.5 Å². The van der Waals surface area contributed by atoms with Crippen LogP contribution in [0.4, 0.5) is 5.95 Å². The van der Waals surface area contributed by atoms with E-state index < -0.39 is 5.56 Å². The van der Waals surface area contributed by atoms with Gasteiger partial charge >= 0.3 is 0 Å². The summed E-state index contributed by atoms with van der Waals surface area (Å²) in [6.45, 7) is 8.00. The zero-order valence-corrected chi connectivity index (χ0v) is 29.4. The summed E-state index contributed by atoms with van der Waals surface area (Å²) in [5.41, 5.74) is 0.383. The molecular formula is C34H39Cl2N7O6. The second-order valence-corrected chi connectivity index (χ2v) is 12.5. The van der Waals surface area contributed by atoms with Crippen molar-refractivity contribution >= 4 is 52.0 Å². The molecule has 0 bridgehead atoms. The number of hydrogen-bond acceptors (Lipinski definition) is 10. The summed E-state index contributed by atoms with van der Waals surface area (Å²) in [6.07, 6.45) is 3.84. The lowest BCUT2D eigenvalue weighted by Gasteiger charge is -2.39. The highest BCUT2D eigenvalue weighted by Crippen LogP contribution is 2.45. The second-order valence-electron chi connectivity index (χ2n) is 11.8. The molecule has 2 amide bonds. The summed E-state index contributed by atoms with van der Waals surface area (Å²) in [4.78, 5) is 52.8. The molecule has 2 aliphatic rings. The molecule has 2 N–H and O–H groups in total. The summed E-state index contributed by atoms with van der Waals surface area (Å²) in [7, 11) is 4.91. The van der Waals surface area contributed by atoms with Crippen molar-refractivity contribution in [2.45, 2.75) is 44.4 Å². The van der Waals surface area contributed by atoms with Crippen molar-refractivity contribution in [3.05, 3.63) is 51.4 Å². The van der Waals surface area contributed by atoms with E-state index in [1.807, 2.05) is 7.05 Å². The van der Waals surface area contributed by atoms with E-state index >= 15 is 0 Å². The number of nitrogens with zero attached hydrogens (tertiary/aromatic N) is 5. The van der Waals surface area contributed by atoms with E-state index in [1.165, 1.54) is 20.3 Å². The third-order valence-corrected chi connectivity index (χ3v) is 9.47. The first-order chi connectivity index (χ1) is 23.6. The van der Waals surface area contributed by atoms with Gasteiger partial charge in [0.25, 0.3) is 11.5 Å². The van der Waals surface area contributed by atoms with E-state index in [0.717, 1.165) is 0 Å². The lowest BCUT2D eigenvalue weighted by Crippen LogP contribution is -2.54. The molecule has 2 aromatic heterocycles. The molecule has 15 heteroatoms. The Morgan fingerprint density at radius 2 is 1.90 bits per heavy atom. The number of aryl methyl sites for hydroxylation is 1. The van der Waals surface area contributed by atoms with Crippen LogP contribution in [0, 0.1) is 11.8 Å². The maximum Gasteiger partial charge on any atom is 0.298 e. The molecule has 4 heterocycles. The number of piperazine rings is 1. The topological polar surface area (TPSA) is 140 Å². The summed E-state index contributed by atoms with van der Waals surface area (Å²) in [5, 5.41) is 7.04. The van der Waals surface area contributed by atoms with Gasteiger partial charge in [0.15, 0.2) is 0 Å². The quantitative estimate of drug-likeness (QED) is 0.238. The minimum atomic E-state index is -0.413. The number of halogens is 2. The van der Waals surface area contributed by atoms with Crippen molar-refractivity contribution in [2.75, 3.05) is 59.4 Å². The molecule has 0 spiro atoms. The Kier molecular flexibility index (Phi) is 11.7. The van der Waals surface area contributed by atoms with Crippen LogP contribution in [0.25, 0.3) is 22.2 Å². The van der Waals surface area contributed by atoms with Crippen LogP contribution < -0.4 is 25.7 Å². The fourth-order valence-electron chi connectivity index (χ4n) is 6.18. The number of carbonyl (C=O) groups is 2. The first-order valence-corrected chi connectivity index (χ1v) is 16.6. The van der Waals surface area contributed by atoms with Gasteiger partial charge in [-0.2, -0.15) is 4.98 Å². The van der Waals surface area contributed by atoms with Crippen LogP contribution in [0.2, 0.25) is 10.0 Å². The molecule has 2 fully saturated rings. The lowest BCUT2D eigenvalue weighted by atomic mass is 10.0. The average molecular weight is 713 g/mol. The summed E-state index contributed by atoms with van der Waals surface area (Å²) in [6, 6.07) is 2.39. The lowest BCUT2D eigenvalue weighted by molar-refractivity contribution is -0.129. The van der Waals surface area contributed by atoms with Gasteiger partial charge in [-0.15, -0.1) is 0 Å². The minimum Gasteiger partial charge on any atom is -0.495 e. The molecule has 0 saturated carbocycles. The maximum atomic E-state index is 14.5. The Bertz CT molecular complexity index is 1850. The van der Waals surface area contributed by atoms with Crippen molar-refractivity contribution in [3.63, 3.8) is 0 Å². The van der Waals surface area contributed by atoms with Crippen molar-refractivity contribution in [3.8, 4) is 34.5 Å². The predicted octanol–water partition coefficient (Wildman–Crippen LogP) is 3.21. The Labute approximate surface area is 294 Å². The molecule has 1 aromatic carbocycles. The number of likely N-dealkylation sites (N-methyl/N-ethyl adjacent to an activating group) is 1. The monoisotopic (exact) mass is 711 g/mol. The smallest absolute Gasteiger partial charge is 0.298 e. The van der Waals surface area contributed by atoms with Crippen LogP contribution in [-0.2, 0) is 20.9 Å². The molecule has 49 heavy (non-hydrogen) atoms. The van der Waals surface area contributed by atoms with Gasteiger partial charge in [0.1, 0.15) is 17.1 Å². The van der Waals surface area contributed by atoms with E-state index in [4.69, 9.17) is 42.4 Å². The standard InChI is InChI=1S/C34H39Cl2N7O6/c1-6-8-28(45)42-13-12-41(3)18-21(42)9-11-43-32-20(15-22(33(43)46)29-30(35)25(47-4)16-26(48-5)31(29)36)17-37-34(40-32)39-24-19-49-14-10-23(24)38-27(44)7-2/h7,15-17,21,23-24H,2,9-14,18-19H2,1,3-5H3,(H,38,44)(H,37,39,40)/t21?,23-,24+/m0/s1. The van der Waals surface area contributed by atoms with E-state index in [1.54, 1.807) is 34.7 Å². The number of amides is 2. The number of anilines is 1. The molecular weight excluding hydrogens is 673 g/mol. The molecule has 5 rings (SSSR count). The first kappa shape index (κ1) is 35.9. The zero-order chi connectivity index (χ0) is 35.2. The average Bonchev–Trinajstić information content (AvgIpc) is 3.09. The van der Waals surface area contributed by atoms with Crippen LogP contribution in [0.1, 0.15) is 19.8 Å². The number of rotatable bonds is 10. The number of nitrogens with one attached hydrogen (secondary N) is 2. The van der Waals surface area contributed by atoms with Gasteiger partial charge < -0.3 is 34.6 Å². The fraction of sp³-hybridized carbons (Fsp3) is 0.441. The largest absolute Gasteiger partial charge is 0.495 e. The minimum absolute atomic E-state index is 0.143. The van der Waals surface area contributed by atoms with Crippen molar-refractivity contribution < 1.29 is 23.8 Å². The number of ether oxygens (including phenoxy) is 3. The molecule has 260 valence electrons. The van der Waals surface area contributed by atoms with Crippen LogP contribution in [0.5, 0.6) is 11.5 Å². The predicted molar refractivity (Wildman–Crippen MR) is 188 cm³/mol. The van der Waals surface area contributed by atoms with Gasteiger partial charge in [-0.25, -0.2) is 4.98 Å². The number of aromatic nitrogens is 3. The van der Waals surface area contributed by atoms with Gasteiger partial charge in [0.2, 0.25) is 11.9 Å². The molecule has 0 radical (unpaired) electrons. The normalized spacial score (nSPS) is 19.5. The number of fused-ring (bicyclic) bond motifs is 1. The van der Waals surface area contributed by atoms with Crippen molar-refractivity contribution in [2.24, 2.45) is 0 Å². The number of hydrogen-bond donors (Lipinski definition) is 2. The van der Waals surface area contributed by atoms with Crippen molar-refractivity contribution in [1.82, 2.24) is 29.7 Å².